The van der Waals surface area contributed by atoms with Gasteiger partial charge in [0.15, 0.2) is 0 Å². The fraction of sp³-hybridized carbons (Fsp3) is 0.538. The molecule has 0 fully saturated rings. The lowest BCUT2D eigenvalue weighted by Gasteiger charge is -2.23. The van der Waals surface area contributed by atoms with Crippen LogP contribution in [-0.2, 0) is 30.3 Å². The Balaban J connectivity index is 3.19. The van der Waals surface area contributed by atoms with E-state index in [0.29, 0.717) is 12.1 Å². The van der Waals surface area contributed by atoms with Gasteiger partial charge >= 0.3 is 12.1 Å². The number of carboxylic acid groups (broad SMARTS) is 1. The van der Waals surface area contributed by atoms with Crippen LogP contribution in [-0.4, -0.2) is 55.3 Å². The molecule has 0 aromatic heterocycles. The first-order valence-electron chi connectivity index (χ1n) is 11.9. The van der Waals surface area contributed by atoms with Gasteiger partial charge in [-0.05, 0) is 51.8 Å². The second kappa shape index (κ2) is 15.3. The number of amides is 2. The number of hydrogen-bond donors (Lipinski definition) is 2. The second-order valence-corrected chi connectivity index (χ2v) is 8.86. The predicted molar refractivity (Wildman–Crippen MR) is 130 cm³/mol. The maximum Gasteiger partial charge on any atom is 0.408 e. The van der Waals surface area contributed by atoms with Crippen LogP contribution in [0.15, 0.2) is 18.2 Å². The van der Waals surface area contributed by atoms with Crippen molar-refractivity contribution in [3.8, 4) is 17.6 Å². The summed E-state index contributed by atoms with van der Waals surface area (Å²) in [5.41, 5.74) is 0.0370. The molecule has 0 saturated heterocycles. The molecule has 0 radical (unpaired) electrons. The number of carbonyl (C=O) groups excluding carboxylic acids is 4. The zero-order chi connectivity index (χ0) is 27.1. The summed E-state index contributed by atoms with van der Waals surface area (Å²) in [6.07, 6.45) is 2.10. The highest BCUT2D eigenvalue weighted by molar-refractivity contribution is 5.89. The van der Waals surface area contributed by atoms with Crippen molar-refractivity contribution in [2.45, 2.75) is 71.9 Å². The summed E-state index contributed by atoms with van der Waals surface area (Å²) in [5.74, 6) is 2.46. The minimum Gasteiger partial charge on any atom is -0.546 e. The number of carbonyl (C=O) groups is 4. The minimum atomic E-state index is -1.43. The van der Waals surface area contributed by atoms with E-state index >= 15 is 0 Å². The number of rotatable bonds is 12. The van der Waals surface area contributed by atoms with Crippen molar-refractivity contribution in [3.63, 3.8) is 0 Å². The van der Waals surface area contributed by atoms with Crippen LogP contribution in [0.25, 0.3) is 0 Å². The topological polar surface area (TPSA) is 143 Å². The molecule has 1 atom stereocenters. The Morgan fingerprint density at radius 2 is 1.83 bits per heavy atom. The molecule has 36 heavy (non-hydrogen) atoms. The van der Waals surface area contributed by atoms with Gasteiger partial charge in [0.2, 0.25) is 5.91 Å². The number of nitrogens with one attached hydrogen (secondary N) is 2. The second-order valence-electron chi connectivity index (χ2n) is 8.86. The maximum atomic E-state index is 12.9. The molecule has 0 aliphatic carbocycles. The molecule has 1 aromatic rings. The molecule has 0 saturated carbocycles. The van der Waals surface area contributed by atoms with Crippen LogP contribution >= 0.6 is 0 Å². The van der Waals surface area contributed by atoms with Crippen LogP contribution in [0, 0.1) is 11.8 Å². The maximum absolute atomic E-state index is 12.9. The molecule has 198 valence electrons. The van der Waals surface area contributed by atoms with Gasteiger partial charge in [0.1, 0.15) is 24.0 Å². The number of ether oxygens (including phenoxy) is 3. The van der Waals surface area contributed by atoms with E-state index in [4.69, 9.17) is 14.2 Å². The molecule has 10 nitrogen and oxygen atoms in total. The van der Waals surface area contributed by atoms with Crippen molar-refractivity contribution in [2.75, 3.05) is 19.8 Å². The Labute approximate surface area is 212 Å². The molecule has 1 aromatic carbocycles. The van der Waals surface area contributed by atoms with E-state index in [0.717, 1.165) is 19.3 Å². The average Bonchev–Trinajstić information content (AvgIpc) is 2.78. The summed E-state index contributed by atoms with van der Waals surface area (Å²) >= 11 is 0. The van der Waals surface area contributed by atoms with Gasteiger partial charge in [0, 0.05) is 18.9 Å². The smallest absolute Gasteiger partial charge is 0.408 e. The standard InChI is InChI=1S/C26H36N2O8/c1-6-8-9-14-27-24(32)20(28-25(33)36-26(3,4)5)16-18-10-12-21(35-17-22(29)30)19(15-18)11-13-23(31)34-7-2/h10,12,15,20H,6-9,14,16-17H2,1-5H3,(H,27,32)(H,28,33)(H,29,30)/p-1. The highest BCUT2D eigenvalue weighted by atomic mass is 16.6. The van der Waals surface area contributed by atoms with Crippen molar-refractivity contribution >= 4 is 23.9 Å². The van der Waals surface area contributed by atoms with Crippen molar-refractivity contribution in [2.24, 2.45) is 0 Å². The highest BCUT2D eigenvalue weighted by Crippen LogP contribution is 2.21. The van der Waals surface area contributed by atoms with Crippen LogP contribution in [0.3, 0.4) is 0 Å². The Morgan fingerprint density at radius 1 is 1.11 bits per heavy atom. The molecule has 1 unspecified atom stereocenters. The van der Waals surface area contributed by atoms with Crippen LogP contribution in [0.1, 0.15) is 65.0 Å². The first-order valence-corrected chi connectivity index (χ1v) is 11.9. The molecular formula is C26H35N2O8-. The number of carboxylic acids is 1. The normalized spacial score (nSPS) is 11.4. The number of aliphatic carboxylic acids is 1. The number of benzene rings is 1. The van der Waals surface area contributed by atoms with Gasteiger partial charge in [-0.3, -0.25) is 4.79 Å². The van der Waals surface area contributed by atoms with Crippen LogP contribution in [0.2, 0.25) is 0 Å². The number of unbranched alkanes of at least 4 members (excludes halogenated alkanes) is 2. The Hall–Kier alpha value is -3.74. The van der Waals surface area contributed by atoms with E-state index in [1.165, 1.54) is 6.07 Å². The predicted octanol–water partition coefficient (Wildman–Crippen LogP) is 1.47. The molecule has 0 bridgehead atoms. The van der Waals surface area contributed by atoms with E-state index in [1.54, 1.807) is 39.8 Å². The molecular weight excluding hydrogens is 468 g/mol. The van der Waals surface area contributed by atoms with Gasteiger partial charge in [0.25, 0.3) is 0 Å². The summed E-state index contributed by atoms with van der Waals surface area (Å²) in [7, 11) is 0. The van der Waals surface area contributed by atoms with Gasteiger partial charge in [-0.1, -0.05) is 31.8 Å². The van der Waals surface area contributed by atoms with Crippen molar-refractivity contribution in [1.82, 2.24) is 10.6 Å². The quantitative estimate of drug-likeness (QED) is 0.248. The van der Waals surface area contributed by atoms with Crippen LogP contribution < -0.4 is 20.5 Å². The van der Waals surface area contributed by atoms with Crippen molar-refractivity contribution < 1.29 is 38.5 Å². The Morgan fingerprint density at radius 3 is 2.44 bits per heavy atom. The third-order valence-corrected chi connectivity index (χ3v) is 4.49. The van der Waals surface area contributed by atoms with Gasteiger partial charge in [-0.25, -0.2) is 9.59 Å². The monoisotopic (exact) mass is 503 g/mol. The molecule has 0 aliphatic heterocycles. The van der Waals surface area contributed by atoms with Gasteiger partial charge in [-0.2, -0.15) is 0 Å². The summed E-state index contributed by atoms with van der Waals surface area (Å²) in [4.78, 5) is 47.7. The van der Waals surface area contributed by atoms with Gasteiger partial charge in [0.05, 0.1) is 18.1 Å². The summed E-state index contributed by atoms with van der Waals surface area (Å²) in [5, 5.41) is 16.2. The Bertz CT molecular complexity index is 972. The largest absolute Gasteiger partial charge is 0.546 e. The SMILES string of the molecule is CCCCCNC(=O)C(Cc1ccc(OCC(=O)[O-])c(C#CC(=O)OCC)c1)NC(=O)OC(C)(C)C. The molecule has 2 amide bonds. The summed E-state index contributed by atoms with van der Waals surface area (Å²) < 4.78 is 15.3. The van der Waals surface area contributed by atoms with Gasteiger partial charge < -0.3 is 34.7 Å². The molecule has 10 heteroatoms. The van der Waals surface area contributed by atoms with Crippen molar-refractivity contribution in [3.05, 3.63) is 29.3 Å². The molecule has 0 spiro atoms. The van der Waals surface area contributed by atoms with E-state index < -0.39 is 36.3 Å². The number of hydrogen-bond acceptors (Lipinski definition) is 8. The minimum absolute atomic E-state index is 0.0771. The lowest BCUT2D eigenvalue weighted by molar-refractivity contribution is -0.307. The number of alkyl carbamates (subject to hydrolysis) is 1. The molecule has 2 N–H and O–H groups in total. The first-order chi connectivity index (χ1) is 16.9. The van der Waals surface area contributed by atoms with E-state index in [2.05, 4.69) is 29.4 Å². The van der Waals surface area contributed by atoms with E-state index in [1.807, 2.05) is 0 Å². The highest BCUT2D eigenvalue weighted by Gasteiger charge is 2.25. The fourth-order valence-electron chi connectivity index (χ4n) is 2.95. The van der Waals surface area contributed by atoms with Crippen LogP contribution in [0.5, 0.6) is 5.75 Å². The molecule has 0 heterocycles. The zero-order valence-corrected chi connectivity index (χ0v) is 21.5. The first kappa shape index (κ1) is 30.3. The number of esters is 1. The summed E-state index contributed by atoms with van der Waals surface area (Å²) in [6, 6.07) is 3.67. The van der Waals surface area contributed by atoms with Crippen LogP contribution in [0.4, 0.5) is 4.79 Å². The zero-order valence-electron chi connectivity index (χ0n) is 21.5. The third kappa shape index (κ3) is 12.6. The lowest BCUT2D eigenvalue weighted by atomic mass is 10.0. The third-order valence-electron chi connectivity index (χ3n) is 4.49. The molecule has 1 rings (SSSR count). The molecule has 0 aliphatic rings. The van der Waals surface area contributed by atoms with E-state index in [9.17, 15) is 24.3 Å². The average molecular weight is 504 g/mol. The fourth-order valence-corrected chi connectivity index (χ4v) is 2.95. The summed E-state index contributed by atoms with van der Waals surface area (Å²) in [6.45, 7) is 8.73. The van der Waals surface area contributed by atoms with Crippen molar-refractivity contribution in [1.29, 1.82) is 0 Å². The van der Waals surface area contributed by atoms with E-state index in [-0.39, 0.29) is 30.2 Å². The van der Waals surface area contributed by atoms with Gasteiger partial charge in [-0.15, -0.1) is 0 Å². The Kier molecular flexibility index (Phi) is 12.9. The lowest BCUT2D eigenvalue weighted by Crippen LogP contribution is -2.49.